The quantitative estimate of drug-likeness (QED) is 0.694. The average Bonchev–Trinajstić information content (AvgIpc) is 2.91. The van der Waals surface area contributed by atoms with E-state index < -0.39 is 0 Å². The Hall–Kier alpha value is -2.08. The van der Waals surface area contributed by atoms with Crippen molar-refractivity contribution in [3.05, 3.63) is 47.1 Å². The SMILES string of the molecule is Nc1cnc2ccc(Br)cc2c1NCc1ncc[nH]1. The van der Waals surface area contributed by atoms with Gasteiger partial charge in [0.05, 0.1) is 29.6 Å². The lowest BCUT2D eigenvalue weighted by molar-refractivity contribution is 1.00. The lowest BCUT2D eigenvalue weighted by Crippen LogP contribution is -2.05. The Morgan fingerprint density at radius 1 is 1.32 bits per heavy atom. The molecule has 0 unspecified atom stereocenters. The first-order valence-corrected chi connectivity index (χ1v) is 6.59. The molecule has 96 valence electrons. The van der Waals surface area contributed by atoms with E-state index in [-0.39, 0.29) is 0 Å². The fraction of sp³-hybridized carbons (Fsp3) is 0.0769. The number of aromatic nitrogens is 3. The molecule has 6 heteroatoms. The molecular formula is C13H12BrN5. The van der Waals surface area contributed by atoms with E-state index in [9.17, 15) is 0 Å². The smallest absolute Gasteiger partial charge is 0.125 e. The highest BCUT2D eigenvalue weighted by atomic mass is 79.9. The zero-order chi connectivity index (χ0) is 13.2. The Labute approximate surface area is 118 Å². The molecule has 0 atom stereocenters. The number of hydrogen-bond acceptors (Lipinski definition) is 4. The van der Waals surface area contributed by atoms with Crippen LogP contribution in [0, 0.1) is 0 Å². The van der Waals surface area contributed by atoms with Crippen LogP contribution in [-0.2, 0) is 6.54 Å². The number of aromatic amines is 1. The van der Waals surface area contributed by atoms with Crippen LogP contribution in [0.1, 0.15) is 5.82 Å². The second-order valence-electron chi connectivity index (χ2n) is 4.14. The van der Waals surface area contributed by atoms with Crippen LogP contribution in [0.3, 0.4) is 0 Å². The van der Waals surface area contributed by atoms with Crippen LogP contribution < -0.4 is 11.1 Å². The third-order valence-corrected chi connectivity index (χ3v) is 3.34. The van der Waals surface area contributed by atoms with E-state index >= 15 is 0 Å². The standard InChI is InChI=1S/C13H12BrN5/c14-8-1-2-11-9(5-8)13(10(15)6-18-11)19-7-12-16-3-4-17-12/h1-6H,7,15H2,(H,16,17)(H,18,19). The molecule has 2 heterocycles. The monoisotopic (exact) mass is 317 g/mol. The molecular weight excluding hydrogens is 306 g/mol. The second kappa shape index (κ2) is 4.89. The van der Waals surface area contributed by atoms with Gasteiger partial charge in [-0.25, -0.2) is 4.98 Å². The van der Waals surface area contributed by atoms with Crippen molar-refractivity contribution < 1.29 is 0 Å². The van der Waals surface area contributed by atoms with Crippen molar-refractivity contribution in [2.45, 2.75) is 6.54 Å². The molecule has 3 aromatic rings. The number of anilines is 2. The lowest BCUT2D eigenvalue weighted by atomic mass is 10.1. The van der Waals surface area contributed by atoms with Gasteiger partial charge in [0.1, 0.15) is 5.82 Å². The maximum absolute atomic E-state index is 6.01. The molecule has 0 aliphatic rings. The minimum absolute atomic E-state index is 0.586. The number of halogens is 1. The van der Waals surface area contributed by atoms with Gasteiger partial charge in [-0.05, 0) is 18.2 Å². The third-order valence-electron chi connectivity index (χ3n) is 2.85. The molecule has 0 saturated carbocycles. The summed E-state index contributed by atoms with van der Waals surface area (Å²) in [6, 6.07) is 5.92. The fourth-order valence-corrected chi connectivity index (χ4v) is 2.31. The minimum Gasteiger partial charge on any atom is -0.396 e. The van der Waals surface area contributed by atoms with E-state index in [1.54, 1.807) is 18.6 Å². The van der Waals surface area contributed by atoms with Crippen LogP contribution in [-0.4, -0.2) is 15.0 Å². The predicted molar refractivity (Wildman–Crippen MR) is 79.8 cm³/mol. The van der Waals surface area contributed by atoms with Gasteiger partial charge in [0.2, 0.25) is 0 Å². The van der Waals surface area contributed by atoms with Crippen LogP contribution >= 0.6 is 15.9 Å². The summed E-state index contributed by atoms with van der Waals surface area (Å²) >= 11 is 3.47. The molecule has 0 aliphatic heterocycles. The van der Waals surface area contributed by atoms with Crippen molar-refractivity contribution >= 4 is 38.2 Å². The Kier molecular flexibility index (Phi) is 3.08. The molecule has 0 radical (unpaired) electrons. The van der Waals surface area contributed by atoms with Gasteiger partial charge in [0, 0.05) is 22.3 Å². The largest absolute Gasteiger partial charge is 0.396 e. The van der Waals surface area contributed by atoms with Crippen LogP contribution in [0.4, 0.5) is 11.4 Å². The van der Waals surface area contributed by atoms with Crippen LogP contribution in [0.25, 0.3) is 10.9 Å². The van der Waals surface area contributed by atoms with Gasteiger partial charge in [-0.1, -0.05) is 15.9 Å². The molecule has 4 N–H and O–H groups in total. The van der Waals surface area contributed by atoms with Crippen LogP contribution in [0.2, 0.25) is 0 Å². The maximum Gasteiger partial charge on any atom is 0.125 e. The molecule has 0 amide bonds. The number of fused-ring (bicyclic) bond motifs is 1. The summed E-state index contributed by atoms with van der Waals surface area (Å²) in [5.74, 6) is 0.861. The topological polar surface area (TPSA) is 79.6 Å². The number of nitrogens with one attached hydrogen (secondary N) is 2. The van der Waals surface area contributed by atoms with Gasteiger partial charge in [0.15, 0.2) is 0 Å². The fourth-order valence-electron chi connectivity index (χ4n) is 1.94. The molecule has 0 saturated heterocycles. The lowest BCUT2D eigenvalue weighted by Gasteiger charge is -2.11. The number of imidazole rings is 1. The van der Waals surface area contributed by atoms with Gasteiger partial charge in [-0.2, -0.15) is 0 Å². The Bertz CT molecular complexity index is 703. The molecule has 3 rings (SSSR count). The Balaban J connectivity index is 2.01. The van der Waals surface area contributed by atoms with E-state index in [4.69, 9.17) is 5.73 Å². The van der Waals surface area contributed by atoms with Crippen molar-refractivity contribution in [1.29, 1.82) is 0 Å². The van der Waals surface area contributed by atoms with Crippen LogP contribution in [0.15, 0.2) is 41.3 Å². The number of benzene rings is 1. The molecule has 19 heavy (non-hydrogen) atoms. The number of nitrogens with two attached hydrogens (primary N) is 1. The first-order valence-electron chi connectivity index (χ1n) is 5.80. The van der Waals surface area contributed by atoms with Crippen molar-refractivity contribution in [3.63, 3.8) is 0 Å². The molecule has 0 aliphatic carbocycles. The summed E-state index contributed by atoms with van der Waals surface area (Å²) in [5.41, 5.74) is 8.41. The number of hydrogen-bond donors (Lipinski definition) is 3. The number of H-pyrrole nitrogens is 1. The molecule has 0 fully saturated rings. The van der Waals surface area contributed by atoms with Crippen molar-refractivity contribution in [3.8, 4) is 0 Å². The summed E-state index contributed by atoms with van der Waals surface area (Å²) in [4.78, 5) is 11.5. The van der Waals surface area contributed by atoms with Gasteiger partial charge >= 0.3 is 0 Å². The molecule has 5 nitrogen and oxygen atoms in total. The van der Waals surface area contributed by atoms with Gasteiger partial charge in [-0.15, -0.1) is 0 Å². The molecule has 2 aromatic heterocycles. The zero-order valence-corrected chi connectivity index (χ0v) is 11.6. The normalized spacial score (nSPS) is 10.8. The summed E-state index contributed by atoms with van der Waals surface area (Å²) < 4.78 is 0.994. The van der Waals surface area contributed by atoms with Crippen molar-refractivity contribution in [2.24, 2.45) is 0 Å². The summed E-state index contributed by atoms with van der Waals surface area (Å²) in [6.07, 6.45) is 5.18. The molecule has 0 bridgehead atoms. The summed E-state index contributed by atoms with van der Waals surface area (Å²) in [6.45, 7) is 0.586. The van der Waals surface area contributed by atoms with Crippen LogP contribution in [0.5, 0.6) is 0 Å². The Morgan fingerprint density at radius 2 is 2.21 bits per heavy atom. The summed E-state index contributed by atoms with van der Waals surface area (Å²) in [7, 11) is 0. The maximum atomic E-state index is 6.01. The van der Waals surface area contributed by atoms with Gasteiger partial charge < -0.3 is 16.0 Å². The molecule has 0 spiro atoms. The predicted octanol–water partition coefficient (Wildman–Crippen LogP) is 2.91. The third kappa shape index (κ3) is 2.39. The average molecular weight is 318 g/mol. The summed E-state index contributed by atoms with van der Waals surface area (Å²) in [5, 5.41) is 4.29. The molecule has 1 aromatic carbocycles. The van der Waals surface area contributed by atoms with E-state index in [2.05, 4.69) is 36.2 Å². The number of pyridine rings is 1. The first kappa shape index (κ1) is 12.0. The van der Waals surface area contributed by atoms with Crippen molar-refractivity contribution in [1.82, 2.24) is 15.0 Å². The first-order chi connectivity index (χ1) is 9.24. The van der Waals surface area contributed by atoms with Crippen molar-refractivity contribution in [2.75, 3.05) is 11.1 Å². The Morgan fingerprint density at radius 3 is 3.00 bits per heavy atom. The van der Waals surface area contributed by atoms with E-state index in [0.29, 0.717) is 12.2 Å². The number of nitrogens with zero attached hydrogens (tertiary/aromatic N) is 2. The van der Waals surface area contributed by atoms with E-state index in [1.165, 1.54) is 0 Å². The highest BCUT2D eigenvalue weighted by Gasteiger charge is 2.07. The minimum atomic E-state index is 0.586. The van der Waals surface area contributed by atoms with Gasteiger partial charge in [-0.3, -0.25) is 4.98 Å². The number of nitrogen functional groups attached to an aromatic ring is 1. The zero-order valence-electron chi connectivity index (χ0n) is 10.0. The van der Waals surface area contributed by atoms with E-state index in [1.807, 2.05) is 18.2 Å². The van der Waals surface area contributed by atoms with Gasteiger partial charge in [0.25, 0.3) is 0 Å². The highest BCUT2D eigenvalue weighted by Crippen LogP contribution is 2.30. The van der Waals surface area contributed by atoms with E-state index in [0.717, 1.165) is 26.9 Å². The highest BCUT2D eigenvalue weighted by molar-refractivity contribution is 9.10. The second-order valence-corrected chi connectivity index (χ2v) is 5.06. The number of rotatable bonds is 3.